The SMILES string of the molecule is NCCC[C@H](N)CNC(=O)CCc1ccccc1. The monoisotopic (exact) mass is 249 g/mol. The van der Waals surface area contributed by atoms with E-state index in [1.165, 1.54) is 5.56 Å². The summed E-state index contributed by atoms with van der Waals surface area (Å²) in [4.78, 5) is 11.6. The van der Waals surface area contributed by atoms with E-state index in [2.05, 4.69) is 5.32 Å². The van der Waals surface area contributed by atoms with Gasteiger partial charge in [-0.15, -0.1) is 0 Å². The van der Waals surface area contributed by atoms with Gasteiger partial charge in [-0.05, 0) is 31.4 Å². The molecule has 1 aromatic carbocycles. The molecule has 5 N–H and O–H groups in total. The van der Waals surface area contributed by atoms with Gasteiger partial charge in [-0.1, -0.05) is 30.3 Å². The molecule has 1 aromatic rings. The van der Waals surface area contributed by atoms with Gasteiger partial charge in [-0.2, -0.15) is 0 Å². The average Bonchev–Trinajstić information content (AvgIpc) is 2.41. The summed E-state index contributed by atoms with van der Waals surface area (Å²) in [6, 6.07) is 10.0. The summed E-state index contributed by atoms with van der Waals surface area (Å²) in [7, 11) is 0. The molecule has 0 fully saturated rings. The van der Waals surface area contributed by atoms with Crippen molar-refractivity contribution in [3.05, 3.63) is 35.9 Å². The molecule has 0 aliphatic heterocycles. The summed E-state index contributed by atoms with van der Waals surface area (Å²) in [6.07, 6.45) is 3.04. The number of carbonyl (C=O) groups excluding carboxylic acids is 1. The van der Waals surface area contributed by atoms with Gasteiger partial charge < -0.3 is 16.8 Å². The van der Waals surface area contributed by atoms with Crippen LogP contribution in [0.4, 0.5) is 0 Å². The highest BCUT2D eigenvalue weighted by atomic mass is 16.1. The molecule has 100 valence electrons. The summed E-state index contributed by atoms with van der Waals surface area (Å²) in [5.41, 5.74) is 12.4. The molecule has 4 nitrogen and oxygen atoms in total. The van der Waals surface area contributed by atoms with Crippen LogP contribution in [0.5, 0.6) is 0 Å². The highest BCUT2D eigenvalue weighted by Crippen LogP contribution is 2.02. The zero-order chi connectivity index (χ0) is 13.2. The number of aryl methyl sites for hydroxylation is 1. The molecule has 0 aliphatic carbocycles. The predicted molar refractivity (Wildman–Crippen MR) is 74.0 cm³/mol. The number of nitrogens with one attached hydrogen (secondary N) is 1. The fourth-order valence-corrected chi connectivity index (χ4v) is 1.72. The van der Waals surface area contributed by atoms with Gasteiger partial charge in [0, 0.05) is 19.0 Å². The largest absolute Gasteiger partial charge is 0.355 e. The Bertz CT molecular complexity index is 340. The molecular weight excluding hydrogens is 226 g/mol. The maximum absolute atomic E-state index is 11.6. The summed E-state index contributed by atoms with van der Waals surface area (Å²) in [6.45, 7) is 1.18. The minimum absolute atomic E-state index is 0.00854. The summed E-state index contributed by atoms with van der Waals surface area (Å²) >= 11 is 0. The van der Waals surface area contributed by atoms with Crippen LogP contribution in [0.15, 0.2) is 30.3 Å². The minimum Gasteiger partial charge on any atom is -0.355 e. The Morgan fingerprint density at radius 2 is 2.00 bits per heavy atom. The second-order valence-electron chi connectivity index (χ2n) is 4.48. The first kappa shape index (κ1) is 14.7. The first-order valence-electron chi connectivity index (χ1n) is 6.48. The Morgan fingerprint density at radius 3 is 2.67 bits per heavy atom. The fraction of sp³-hybridized carbons (Fsp3) is 0.500. The predicted octanol–water partition coefficient (Wildman–Crippen LogP) is 0.802. The lowest BCUT2D eigenvalue weighted by atomic mass is 10.1. The van der Waals surface area contributed by atoms with Crippen molar-refractivity contribution in [2.75, 3.05) is 13.1 Å². The zero-order valence-corrected chi connectivity index (χ0v) is 10.8. The molecule has 18 heavy (non-hydrogen) atoms. The Kier molecular flexibility index (Phi) is 7.06. The van der Waals surface area contributed by atoms with E-state index in [4.69, 9.17) is 11.5 Å². The van der Waals surface area contributed by atoms with Crippen molar-refractivity contribution in [1.29, 1.82) is 0 Å². The molecule has 0 unspecified atom stereocenters. The maximum Gasteiger partial charge on any atom is 0.220 e. The van der Waals surface area contributed by atoms with Gasteiger partial charge >= 0.3 is 0 Å². The highest BCUT2D eigenvalue weighted by Gasteiger charge is 2.05. The number of nitrogens with two attached hydrogens (primary N) is 2. The van der Waals surface area contributed by atoms with Crippen LogP contribution in [0.1, 0.15) is 24.8 Å². The topological polar surface area (TPSA) is 81.1 Å². The molecule has 0 aliphatic rings. The Hall–Kier alpha value is -1.39. The van der Waals surface area contributed by atoms with E-state index in [0.717, 1.165) is 19.3 Å². The number of carbonyl (C=O) groups is 1. The van der Waals surface area contributed by atoms with E-state index in [1.54, 1.807) is 0 Å². The number of benzene rings is 1. The molecule has 0 heterocycles. The third-order valence-corrected chi connectivity index (χ3v) is 2.82. The molecule has 0 radical (unpaired) electrons. The Morgan fingerprint density at radius 1 is 1.28 bits per heavy atom. The molecule has 0 saturated carbocycles. The number of hydrogen-bond donors (Lipinski definition) is 3. The Labute approximate surface area is 109 Å². The lowest BCUT2D eigenvalue weighted by molar-refractivity contribution is -0.121. The van der Waals surface area contributed by atoms with Gasteiger partial charge in [0.25, 0.3) is 0 Å². The van der Waals surface area contributed by atoms with Crippen LogP contribution < -0.4 is 16.8 Å². The molecule has 0 spiro atoms. The van der Waals surface area contributed by atoms with Crippen LogP contribution in [0, 0.1) is 0 Å². The summed E-state index contributed by atoms with van der Waals surface area (Å²) < 4.78 is 0. The molecule has 0 bridgehead atoms. The quantitative estimate of drug-likeness (QED) is 0.637. The van der Waals surface area contributed by atoms with Gasteiger partial charge in [0.2, 0.25) is 5.91 Å². The average molecular weight is 249 g/mol. The first-order chi connectivity index (χ1) is 8.72. The van der Waals surface area contributed by atoms with E-state index in [0.29, 0.717) is 19.5 Å². The van der Waals surface area contributed by atoms with Crippen LogP contribution in [0.2, 0.25) is 0 Å². The van der Waals surface area contributed by atoms with E-state index in [9.17, 15) is 4.79 Å². The van der Waals surface area contributed by atoms with Crippen LogP contribution in [-0.2, 0) is 11.2 Å². The lowest BCUT2D eigenvalue weighted by Gasteiger charge is -2.12. The standard InChI is InChI=1S/C14H23N3O/c15-10-4-7-13(16)11-17-14(18)9-8-12-5-2-1-3-6-12/h1-3,5-6,13H,4,7-11,15-16H2,(H,17,18)/t13-/m0/s1. The van der Waals surface area contributed by atoms with Gasteiger partial charge in [0.15, 0.2) is 0 Å². The first-order valence-corrected chi connectivity index (χ1v) is 6.48. The van der Waals surface area contributed by atoms with Gasteiger partial charge in [0.1, 0.15) is 0 Å². The van der Waals surface area contributed by atoms with E-state index < -0.39 is 0 Å². The molecule has 1 rings (SSSR count). The third kappa shape index (κ3) is 6.37. The van der Waals surface area contributed by atoms with Crippen LogP contribution >= 0.6 is 0 Å². The van der Waals surface area contributed by atoms with E-state index in [1.807, 2.05) is 30.3 Å². The fourth-order valence-electron chi connectivity index (χ4n) is 1.72. The summed E-state index contributed by atoms with van der Waals surface area (Å²) in [5.74, 6) is 0.0575. The molecule has 0 saturated heterocycles. The molecule has 1 amide bonds. The summed E-state index contributed by atoms with van der Waals surface area (Å²) in [5, 5.41) is 2.86. The van der Waals surface area contributed by atoms with Crippen molar-refractivity contribution >= 4 is 5.91 Å². The number of hydrogen-bond acceptors (Lipinski definition) is 3. The highest BCUT2D eigenvalue weighted by molar-refractivity contribution is 5.76. The van der Waals surface area contributed by atoms with E-state index in [-0.39, 0.29) is 11.9 Å². The lowest BCUT2D eigenvalue weighted by Crippen LogP contribution is -2.37. The molecule has 4 heteroatoms. The van der Waals surface area contributed by atoms with Crippen molar-refractivity contribution < 1.29 is 4.79 Å². The van der Waals surface area contributed by atoms with Crippen LogP contribution in [0.25, 0.3) is 0 Å². The van der Waals surface area contributed by atoms with Gasteiger partial charge in [0.05, 0.1) is 0 Å². The molecule has 0 aromatic heterocycles. The second-order valence-corrected chi connectivity index (χ2v) is 4.48. The molecular formula is C14H23N3O. The van der Waals surface area contributed by atoms with Crippen molar-refractivity contribution in [2.24, 2.45) is 11.5 Å². The van der Waals surface area contributed by atoms with Crippen molar-refractivity contribution in [3.63, 3.8) is 0 Å². The van der Waals surface area contributed by atoms with Crippen molar-refractivity contribution in [3.8, 4) is 0 Å². The normalized spacial score (nSPS) is 12.1. The van der Waals surface area contributed by atoms with Crippen LogP contribution in [-0.4, -0.2) is 25.0 Å². The minimum atomic E-state index is 0.00854. The third-order valence-electron chi connectivity index (χ3n) is 2.82. The van der Waals surface area contributed by atoms with Crippen molar-refractivity contribution in [2.45, 2.75) is 31.7 Å². The van der Waals surface area contributed by atoms with Crippen molar-refractivity contribution in [1.82, 2.24) is 5.32 Å². The number of rotatable bonds is 8. The number of amides is 1. The smallest absolute Gasteiger partial charge is 0.220 e. The van der Waals surface area contributed by atoms with Gasteiger partial charge in [-0.25, -0.2) is 0 Å². The second kappa shape index (κ2) is 8.66. The van der Waals surface area contributed by atoms with Gasteiger partial charge in [-0.3, -0.25) is 4.79 Å². The molecule has 1 atom stereocenters. The zero-order valence-electron chi connectivity index (χ0n) is 10.8. The van der Waals surface area contributed by atoms with Crippen LogP contribution in [0.3, 0.4) is 0 Å². The van der Waals surface area contributed by atoms with E-state index >= 15 is 0 Å². The maximum atomic E-state index is 11.6. The Balaban J connectivity index is 2.14.